The molecule has 1 amide bonds. The molecule has 0 aliphatic heterocycles. The van der Waals surface area contributed by atoms with Crippen LogP contribution in [0.4, 0.5) is 5.69 Å². The predicted molar refractivity (Wildman–Crippen MR) is 108 cm³/mol. The smallest absolute Gasteiger partial charge is 0.323 e. The molecule has 0 aliphatic carbocycles. The van der Waals surface area contributed by atoms with Crippen molar-refractivity contribution in [1.82, 2.24) is 19.7 Å². The highest BCUT2D eigenvalue weighted by molar-refractivity contribution is 5.98. The van der Waals surface area contributed by atoms with Gasteiger partial charge in [-0.25, -0.2) is 14.6 Å². The summed E-state index contributed by atoms with van der Waals surface area (Å²) in [6.45, 7) is 7.04. The number of para-hydroxylation sites is 1. The second-order valence-corrected chi connectivity index (χ2v) is 6.90. The Morgan fingerprint density at radius 3 is 2.24 bits per heavy atom. The zero-order chi connectivity index (χ0) is 21.1. The van der Waals surface area contributed by atoms with Crippen molar-refractivity contribution in [2.75, 3.05) is 11.4 Å². The van der Waals surface area contributed by atoms with Crippen LogP contribution in [0.3, 0.4) is 0 Å². The van der Waals surface area contributed by atoms with Crippen molar-refractivity contribution in [2.45, 2.75) is 34.1 Å². The van der Waals surface area contributed by atoms with Crippen molar-refractivity contribution in [3.05, 3.63) is 64.7 Å². The molecule has 8 heteroatoms. The van der Waals surface area contributed by atoms with E-state index in [2.05, 4.69) is 15.1 Å². The molecule has 0 saturated heterocycles. The highest BCUT2D eigenvalue weighted by Gasteiger charge is 2.23. The number of rotatable bonds is 6. The fourth-order valence-electron chi connectivity index (χ4n) is 3.24. The molecule has 0 spiro atoms. The Bertz CT molecular complexity index is 1040. The molecule has 3 rings (SSSR count). The Kier molecular flexibility index (Phi) is 5.72. The van der Waals surface area contributed by atoms with Crippen LogP contribution in [0.2, 0.25) is 0 Å². The number of carboxylic acid groups (broad SMARTS) is 1. The van der Waals surface area contributed by atoms with E-state index >= 15 is 0 Å². The minimum atomic E-state index is -1.07. The van der Waals surface area contributed by atoms with E-state index in [0.717, 1.165) is 22.6 Å². The lowest BCUT2D eigenvalue weighted by Crippen LogP contribution is -2.37. The number of aryl methyl sites for hydroxylation is 3. The van der Waals surface area contributed by atoms with E-state index in [4.69, 9.17) is 0 Å². The van der Waals surface area contributed by atoms with Crippen molar-refractivity contribution < 1.29 is 14.7 Å². The number of hydrogen-bond acceptors (Lipinski definition) is 5. The van der Waals surface area contributed by atoms with E-state index in [9.17, 15) is 14.7 Å². The second kappa shape index (κ2) is 8.22. The third-order valence-corrected chi connectivity index (χ3v) is 4.59. The van der Waals surface area contributed by atoms with Crippen LogP contribution in [0.1, 0.15) is 28.3 Å². The predicted octanol–water partition coefficient (Wildman–Crippen LogP) is 2.56. The maximum absolute atomic E-state index is 13.0. The Balaban J connectivity index is 1.94. The molecule has 1 N–H and O–H groups in total. The van der Waals surface area contributed by atoms with Crippen molar-refractivity contribution in [1.29, 1.82) is 0 Å². The molecular formula is C21H23N5O3. The summed E-state index contributed by atoms with van der Waals surface area (Å²) < 4.78 is 1.63. The van der Waals surface area contributed by atoms with Crippen LogP contribution < -0.4 is 4.90 Å². The standard InChI is InChI=1S/C21H23N5O3/c1-13-10-14(2)23-21(22-13)26-16(4)18(15(3)24-26)11-19(27)25(12-20(28)29)17-8-6-5-7-9-17/h5-10H,11-12H2,1-4H3,(H,28,29). The molecule has 29 heavy (non-hydrogen) atoms. The van der Waals surface area contributed by atoms with E-state index in [1.54, 1.807) is 28.9 Å². The second-order valence-electron chi connectivity index (χ2n) is 6.90. The molecule has 150 valence electrons. The molecule has 8 nitrogen and oxygen atoms in total. The quantitative estimate of drug-likeness (QED) is 0.691. The first-order valence-corrected chi connectivity index (χ1v) is 9.21. The van der Waals surface area contributed by atoms with Gasteiger partial charge in [0.15, 0.2) is 0 Å². The molecule has 1 aromatic carbocycles. The number of carboxylic acids is 1. The first-order valence-electron chi connectivity index (χ1n) is 9.21. The van der Waals surface area contributed by atoms with Crippen LogP contribution in [0.5, 0.6) is 0 Å². The van der Waals surface area contributed by atoms with Gasteiger partial charge in [-0.1, -0.05) is 18.2 Å². The number of nitrogens with zero attached hydrogens (tertiary/aromatic N) is 5. The summed E-state index contributed by atoms with van der Waals surface area (Å²) in [5.41, 5.74) is 4.37. The van der Waals surface area contributed by atoms with Gasteiger partial charge in [0.1, 0.15) is 6.54 Å². The number of carbonyl (C=O) groups excluding carboxylic acids is 1. The van der Waals surface area contributed by atoms with Crippen LogP contribution in [0, 0.1) is 27.7 Å². The summed E-state index contributed by atoms with van der Waals surface area (Å²) >= 11 is 0. The minimum absolute atomic E-state index is 0.0324. The van der Waals surface area contributed by atoms with Crippen molar-refractivity contribution >= 4 is 17.6 Å². The Morgan fingerprint density at radius 2 is 1.66 bits per heavy atom. The number of benzene rings is 1. The number of aromatic nitrogens is 4. The molecule has 0 radical (unpaired) electrons. The zero-order valence-corrected chi connectivity index (χ0v) is 16.9. The van der Waals surface area contributed by atoms with Crippen molar-refractivity contribution in [2.24, 2.45) is 0 Å². The summed E-state index contributed by atoms with van der Waals surface area (Å²) in [6, 6.07) is 10.7. The van der Waals surface area contributed by atoms with Gasteiger partial charge in [0.25, 0.3) is 5.95 Å². The zero-order valence-electron chi connectivity index (χ0n) is 16.9. The van der Waals surface area contributed by atoms with Crippen molar-refractivity contribution in [3.63, 3.8) is 0 Å². The molecule has 0 aliphatic rings. The summed E-state index contributed by atoms with van der Waals surface area (Å²) in [7, 11) is 0. The largest absolute Gasteiger partial charge is 0.480 e. The van der Waals surface area contributed by atoms with Gasteiger partial charge in [-0.2, -0.15) is 5.10 Å². The Morgan fingerprint density at radius 1 is 1.03 bits per heavy atom. The third kappa shape index (κ3) is 4.48. The Labute approximate surface area is 168 Å². The molecule has 2 heterocycles. The number of anilines is 1. The normalized spacial score (nSPS) is 10.8. The molecule has 0 atom stereocenters. The summed E-state index contributed by atoms with van der Waals surface area (Å²) in [4.78, 5) is 34.4. The summed E-state index contributed by atoms with van der Waals surface area (Å²) in [5.74, 6) is -0.937. The molecule has 0 bridgehead atoms. The first kappa shape index (κ1) is 20.2. The van der Waals surface area contributed by atoms with Crippen LogP contribution in [-0.4, -0.2) is 43.3 Å². The van der Waals surface area contributed by atoms with Gasteiger partial charge in [-0.3, -0.25) is 9.59 Å². The molecule has 0 fully saturated rings. The van der Waals surface area contributed by atoms with Crippen LogP contribution in [-0.2, 0) is 16.0 Å². The van der Waals surface area contributed by atoms with Gasteiger partial charge < -0.3 is 10.0 Å². The highest BCUT2D eigenvalue weighted by atomic mass is 16.4. The van der Waals surface area contributed by atoms with Gasteiger partial charge in [0.05, 0.1) is 12.1 Å². The van der Waals surface area contributed by atoms with Crippen molar-refractivity contribution in [3.8, 4) is 5.95 Å². The lowest BCUT2D eigenvalue weighted by atomic mass is 10.1. The van der Waals surface area contributed by atoms with E-state index < -0.39 is 12.5 Å². The van der Waals surface area contributed by atoms with Gasteiger partial charge in [-0.05, 0) is 45.9 Å². The summed E-state index contributed by atoms with van der Waals surface area (Å²) in [5, 5.41) is 13.8. The number of carbonyl (C=O) groups is 2. The molecule has 3 aromatic rings. The average molecular weight is 393 g/mol. The van der Waals surface area contributed by atoms with Gasteiger partial charge >= 0.3 is 5.97 Å². The maximum atomic E-state index is 13.0. The van der Waals surface area contributed by atoms with Crippen LogP contribution in [0.15, 0.2) is 36.4 Å². The average Bonchev–Trinajstić information content (AvgIpc) is 2.94. The number of hydrogen-bond donors (Lipinski definition) is 1. The lowest BCUT2D eigenvalue weighted by Gasteiger charge is -2.21. The fraction of sp³-hybridized carbons (Fsp3) is 0.286. The summed E-state index contributed by atoms with van der Waals surface area (Å²) in [6.07, 6.45) is 0.0324. The fourth-order valence-corrected chi connectivity index (χ4v) is 3.24. The first-order chi connectivity index (χ1) is 13.8. The number of amides is 1. The topological polar surface area (TPSA) is 101 Å². The van der Waals surface area contributed by atoms with E-state index in [-0.39, 0.29) is 12.3 Å². The van der Waals surface area contributed by atoms with Gasteiger partial charge in [0, 0.05) is 28.3 Å². The molecule has 0 unspecified atom stereocenters. The SMILES string of the molecule is Cc1cc(C)nc(-n2nc(C)c(CC(=O)N(CC(=O)O)c3ccccc3)c2C)n1. The third-order valence-electron chi connectivity index (χ3n) is 4.59. The number of aliphatic carboxylic acids is 1. The van der Waals surface area contributed by atoms with Crippen LogP contribution >= 0.6 is 0 Å². The van der Waals surface area contributed by atoms with Gasteiger partial charge in [-0.15, -0.1) is 0 Å². The Hall–Kier alpha value is -3.55. The minimum Gasteiger partial charge on any atom is -0.480 e. The lowest BCUT2D eigenvalue weighted by molar-refractivity contribution is -0.136. The molecular weight excluding hydrogens is 370 g/mol. The molecule has 0 saturated carbocycles. The van der Waals surface area contributed by atoms with E-state index in [1.807, 2.05) is 39.8 Å². The monoisotopic (exact) mass is 393 g/mol. The van der Waals surface area contributed by atoms with Gasteiger partial charge in [0.2, 0.25) is 5.91 Å². The molecule has 2 aromatic heterocycles. The highest BCUT2D eigenvalue weighted by Crippen LogP contribution is 2.20. The van der Waals surface area contributed by atoms with E-state index in [0.29, 0.717) is 17.3 Å². The maximum Gasteiger partial charge on any atom is 0.323 e. The van der Waals surface area contributed by atoms with E-state index in [1.165, 1.54) is 4.90 Å². The van der Waals surface area contributed by atoms with Crippen LogP contribution in [0.25, 0.3) is 5.95 Å².